The quantitative estimate of drug-likeness (QED) is 0.672. The molecule has 1 N–H and O–H groups in total. The number of rotatable bonds is 0. The molecule has 1 nitrogen and oxygen atoms in total. The molecule has 0 atom stereocenters. The standard InChI is InChI=1S/C8H10N.C2H6.W/c1-3-8-6-7(2)4-5-9-8;1-2;/h3-6,9H,1H2,2H3;1-2H3;/q-1;;/b8-3-;;. The molecule has 0 aromatic carbocycles. The maximum absolute atomic E-state index is 3.64. The summed E-state index contributed by atoms with van der Waals surface area (Å²) in [5.41, 5.74) is 2.32. The minimum atomic E-state index is 0. The molecule has 2 heteroatoms. The van der Waals surface area contributed by atoms with Gasteiger partial charge in [0.15, 0.2) is 0 Å². The molecule has 0 bridgehead atoms. The Bertz CT molecular complexity index is 190. The van der Waals surface area contributed by atoms with Crippen LogP contribution in [0.4, 0.5) is 0 Å². The van der Waals surface area contributed by atoms with Crippen molar-refractivity contribution in [3.63, 3.8) is 0 Å². The topological polar surface area (TPSA) is 12.0 Å². The first-order chi connectivity index (χ1) is 5.33. The number of dihydropyridines is 1. The van der Waals surface area contributed by atoms with Crippen molar-refractivity contribution >= 4 is 0 Å². The minimum Gasteiger partial charge on any atom is -0.439 e. The fourth-order valence-electron chi connectivity index (χ4n) is 0.722. The number of allylic oxidation sites excluding steroid dienone is 4. The van der Waals surface area contributed by atoms with E-state index in [2.05, 4.69) is 19.2 Å². The summed E-state index contributed by atoms with van der Waals surface area (Å²) in [5.74, 6) is 0. The molecule has 0 aliphatic carbocycles. The molecule has 12 heavy (non-hydrogen) atoms. The minimum absolute atomic E-state index is 0. The van der Waals surface area contributed by atoms with E-state index in [0.717, 1.165) is 5.70 Å². The second kappa shape index (κ2) is 8.67. The van der Waals surface area contributed by atoms with Crippen LogP contribution in [0.3, 0.4) is 0 Å². The molecule has 0 unspecified atom stereocenters. The van der Waals surface area contributed by atoms with E-state index in [1.165, 1.54) is 5.57 Å². The first kappa shape index (κ1) is 14.1. The Morgan fingerprint density at radius 1 is 1.42 bits per heavy atom. The normalized spacial score (nSPS) is 16.6. The van der Waals surface area contributed by atoms with Crippen LogP contribution in [-0.4, -0.2) is 0 Å². The van der Waals surface area contributed by atoms with Gasteiger partial charge in [-0.25, -0.2) is 13.0 Å². The maximum Gasteiger partial charge on any atom is 0 e. The van der Waals surface area contributed by atoms with Crippen molar-refractivity contribution in [2.24, 2.45) is 0 Å². The molecule has 0 aromatic heterocycles. The average Bonchev–Trinajstić information content (AvgIpc) is 2.08. The van der Waals surface area contributed by atoms with Gasteiger partial charge in [-0.1, -0.05) is 19.4 Å². The van der Waals surface area contributed by atoms with Crippen molar-refractivity contribution in [3.8, 4) is 0 Å². The molecule has 0 radical (unpaired) electrons. The average molecular weight is 334 g/mol. The summed E-state index contributed by atoms with van der Waals surface area (Å²) < 4.78 is 0. The van der Waals surface area contributed by atoms with E-state index in [1.54, 1.807) is 6.08 Å². The van der Waals surface area contributed by atoms with E-state index in [1.807, 2.05) is 32.2 Å². The SMILES string of the molecule is CC.[CH2-]/C=C1/C=C(C)C=CN1.[W]. The molecule has 0 saturated carbocycles. The molecular formula is C10H16NW-. The predicted molar refractivity (Wildman–Crippen MR) is 50.8 cm³/mol. The molecule has 1 aliphatic rings. The largest absolute Gasteiger partial charge is 0.439 e. The molecule has 0 fully saturated rings. The number of nitrogens with one attached hydrogen (secondary N) is 1. The first-order valence-electron chi connectivity index (χ1n) is 3.93. The van der Waals surface area contributed by atoms with E-state index in [4.69, 9.17) is 0 Å². The number of hydrogen-bond donors (Lipinski definition) is 1. The Balaban J connectivity index is 0. The van der Waals surface area contributed by atoms with Crippen LogP contribution in [0.2, 0.25) is 0 Å². The van der Waals surface area contributed by atoms with Gasteiger partial charge in [-0.3, -0.25) is 0 Å². The molecule has 0 amide bonds. The predicted octanol–water partition coefficient (Wildman–Crippen LogP) is 2.79. The molecule has 1 heterocycles. The van der Waals surface area contributed by atoms with Gasteiger partial charge in [0, 0.05) is 21.1 Å². The second-order valence-corrected chi connectivity index (χ2v) is 2.03. The molecule has 0 spiro atoms. The first-order valence-corrected chi connectivity index (χ1v) is 3.93. The maximum atomic E-state index is 3.64. The summed E-state index contributed by atoms with van der Waals surface area (Å²) in [6.07, 6.45) is 7.78. The molecule has 1 aliphatic heterocycles. The summed E-state index contributed by atoms with van der Waals surface area (Å²) in [7, 11) is 0. The van der Waals surface area contributed by atoms with Gasteiger partial charge in [-0.15, -0.1) is 11.8 Å². The molecule has 68 valence electrons. The van der Waals surface area contributed by atoms with Crippen molar-refractivity contribution in [2.75, 3.05) is 0 Å². The third-order valence-electron chi connectivity index (χ3n) is 1.20. The van der Waals surface area contributed by atoms with Gasteiger partial charge in [0.1, 0.15) is 0 Å². The smallest absolute Gasteiger partial charge is 0 e. The summed E-state index contributed by atoms with van der Waals surface area (Å²) >= 11 is 0. The van der Waals surface area contributed by atoms with Gasteiger partial charge in [-0.05, 0) is 19.2 Å². The summed E-state index contributed by atoms with van der Waals surface area (Å²) in [6.45, 7) is 9.70. The van der Waals surface area contributed by atoms with E-state index >= 15 is 0 Å². The van der Waals surface area contributed by atoms with Crippen LogP contribution >= 0.6 is 0 Å². The number of hydrogen-bond acceptors (Lipinski definition) is 1. The Hall–Kier alpha value is -0.422. The molecular weight excluding hydrogens is 318 g/mol. The van der Waals surface area contributed by atoms with Gasteiger partial charge < -0.3 is 5.32 Å². The van der Waals surface area contributed by atoms with Crippen LogP contribution in [0.15, 0.2) is 35.7 Å². The van der Waals surface area contributed by atoms with Crippen LogP contribution in [0.5, 0.6) is 0 Å². The van der Waals surface area contributed by atoms with Gasteiger partial charge in [0.05, 0.1) is 0 Å². The zero-order chi connectivity index (χ0) is 8.69. The van der Waals surface area contributed by atoms with Gasteiger partial charge in [0.2, 0.25) is 0 Å². The van der Waals surface area contributed by atoms with Gasteiger partial charge in [-0.2, -0.15) is 0 Å². The second-order valence-electron chi connectivity index (χ2n) is 2.03. The zero-order valence-electron chi connectivity index (χ0n) is 7.92. The zero-order valence-corrected chi connectivity index (χ0v) is 10.9. The molecule has 0 saturated heterocycles. The van der Waals surface area contributed by atoms with Crippen molar-refractivity contribution in [1.82, 2.24) is 5.32 Å². The van der Waals surface area contributed by atoms with Crippen LogP contribution in [0, 0.1) is 6.92 Å². The molecule has 1 rings (SSSR count). The third-order valence-corrected chi connectivity index (χ3v) is 1.20. The molecule has 0 aromatic rings. The van der Waals surface area contributed by atoms with E-state index < -0.39 is 0 Å². The Labute approximate surface area is 89.9 Å². The Morgan fingerprint density at radius 3 is 2.33 bits per heavy atom. The monoisotopic (exact) mass is 334 g/mol. The fraction of sp³-hybridized carbons (Fsp3) is 0.300. The summed E-state index contributed by atoms with van der Waals surface area (Å²) in [5, 5.41) is 3.04. The third kappa shape index (κ3) is 5.26. The van der Waals surface area contributed by atoms with Crippen molar-refractivity contribution in [2.45, 2.75) is 20.8 Å². The van der Waals surface area contributed by atoms with E-state index in [0.29, 0.717) is 0 Å². The van der Waals surface area contributed by atoms with Crippen LogP contribution in [0.25, 0.3) is 0 Å². The summed E-state index contributed by atoms with van der Waals surface area (Å²) in [4.78, 5) is 0. The van der Waals surface area contributed by atoms with Crippen LogP contribution in [-0.2, 0) is 21.1 Å². The van der Waals surface area contributed by atoms with Crippen LogP contribution in [0.1, 0.15) is 20.8 Å². The van der Waals surface area contributed by atoms with Crippen molar-refractivity contribution in [3.05, 3.63) is 42.6 Å². The van der Waals surface area contributed by atoms with Crippen molar-refractivity contribution in [1.29, 1.82) is 0 Å². The Kier molecular flexibility index (Phi) is 10.2. The summed E-state index contributed by atoms with van der Waals surface area (Å²) in [6, 6.07) is 0. The fourth-order valence-corrected chi connectivity index (χ4v) is 0.722. The van der Waals surface area contributed by atoms with E-state index in [-0.39, 0.29) is 21.1 Å². The Morgan fingerprint density at radius 2 is 2.00 bits per heavy atom. The van der Waals surface area contributed by atoms with E-state index in [9.17, 15) is 0 Å². The van der Waals surface area contributed by atoms with Gasteiger partial charge in [0.25, 0.3) is 0 Å². The van der Waals surface area contributed by atoms with Gasteiger partial charge >= 0.3 is 0 Å². The van der Waals surface area contributed by atoms with Crippen LogP contribution < -0.4 is 5.32 Å². The van der Waals surface area contributed by atoms with Crippen molar-refractivity contribution < 1.29 is 21.1 Å².